The van der Waals surface area contributed by atoms with E-state index in [1.165, 1.54) is 12.1 Å². The number of hydrogen-bond donors (Lipinski definition) is 4. The summed E-state index contributed by atoms with van der Waals surface area (Å²) in [5, 5.41) is 24.5. The first-order valence-corrected chi connectivity index (χ1v) is 13.4. The summed E-state index contributed by atoms with van der Waals surface area (Å²) in [6.45, 7) is 4.11. The number of nitrogens with two attached hydrogens (primary N) is 2. The van der Waals surface area contributed by atoms with Gasteiger partial charge in [-0.2, -0.15) is 0 Å². The minimum absolute atomic E-state index is 0.110. The van der Waals surface area contributed by atoms with Crippen LogP contribution in [-0.2, 0) is 12.8 Å². The molecule has 0 saturated heterocycles. The second kappa shape index (κ2) is 10.1. The number of carboxylic acid groups (broad SMARTS) is 2. The van der Waals surface area contributed by atoms with Gasteiger partial charge in [0.2, 0.25) is 11.8 Å². The number of hydrogen-bond acceptors (Lipinski definition) is 4. The number of unbranched alkanes of at least 4 members (excludes halogenated alkanes) is 2. The summed E-state index contributed by atoms with van der Waals surface area (Å²) in [5.74, 6) is -3.80. The van der Waals surface area contributed by atoms with E-state index in [2.05, 4.69) is 6.92 Å². The van der Waals surface area contributed by atoms with Crippen molar-refractivity contribution in [2.45, 2.75) is 52.4 Å². The molecule has 0 bridgehead atoms. The summed E-state index contributed by atoms with van der Waals surface area (Å²) < 4.78 is 0. The van der Waals surface area contributed by atoms with E-state index in [0.717, 1.165) is 42.2 Å². The Morgan fingerprint density at radius 3 is 1.57 bits per heavy atom. The summed E-state index contributed by atoms with van der Waals surface area (Å²) in [4.78, 5) is 50.4. The second-order valence-corrected chi connectivity index (χ2v) is 10.2. The van der Waals surface area contributed by atoms with Crippen molar-refractivity contribution in [3.63, 3.8) is 0 Å². The van der Waals surface area contributed by atoms with Gasteiger partial charge < -0.3 is 21.7 Å². The molecular formula is C32H30N2O6. The molecule has 0 heterocycles. The van der Waals surface area contributed by atoms with Crippen LogP contribution in [-0.4, -0.2) is 34.0 Å². The van der Waals surface area contributed by atoms with Crippen molar-refractivity contribution in [2.75, 3.05) is 0 Å². The van der Waals surface area contributed by atoms with Crippen LogP contribution in [0, 0.1) is 0 Å². The topological polar surface area (TPSA) is 161 Å². The molecule has 0 aliphatic rings. The van der Waals surface area contributed by atoms with Gasteiger partial charge in [0.25, 0.3) is 0 Å². The number of rotatable bonds is 10. The van der Waals surface area contributed by atoms with Gasteiger partial charge in [0.05, 0.1) is 16.7 Å². The molecule has 0 radical (unpaired) electrons. The number of amides is 2. The Kier molecular flexibility index (Phi) is 6.79. The average molecular weight is 539 g/mol. The van der Waals surface area contributed by atoms with Crippen LogP contribution in [0.1, 0.15) is 92.1 Å². The third kappa shape index (κ3) is 3.90. The zero-order chi connectivity index (χ0) is 28.9. The zero-order valence-electron chi connectivity index (χ0n) is 22.4. The van der Waals surface area contributed by atoms with Crippen molar-refractivity contribution in [2.24, 2.45) is 11.5 Å². The van der Waals surface area contributed by atoms with Crippen LogP contribution in [0.25, 0.3) is 43.1 Å². The molecule has 6 N–H and O–H groups in total. The Labute approximate surface area is 229 Å². The first-order chi connectivity index (χ1) is 19.1. The molecule has 0 aromatic heterocycles. The molecule has 0 saturated carbocycles. The largest absolute Gasteiger partial charge is 0.478 e. The smallest absolute Gasteiger partial charge is 0.336 e. The molecule has 8 nitrogen and oxygen atoms in total. The molecule has 40 heavy (non-hydrogen) atoms. The lowest BCUT2D eigenvalue weighted by Crippen LogP contribution is -2.20. The van der Waals surface area contributed by atoms with Crippen molar-refractivity contribution in [1.29, 1.82) is 0 Å². The highest BCUT2D eigenvalue weighted by atomic mass is 16.4. The van der Waals surface area contributed by atoms with Gasteiger partial charge in [0.15, 0.2) is 0 Å². The predicted molar refractivity (Wildman–Crippen MR) is 156 cm³/mol. The monoisotopic (exact) mass is 538 g/mol. The summed E-state index contributed by atoms with van der Waals surface area (Å²) in [6.07, 6.45) is 4.53. The molecule has 0 spiro atoms. The fourth-order valence-corrected chi connectivity index (χ4v) is 6.27. The van der Waals surface area contributed by atoms with E-state index in [1.54, 1.807) is 24.3 Å². The maximum atomic E-state index is 13.1. The van der Waals surface area contributed by atoms with E-state index in [4.69, 9.17) is 11.5 Å². The summed E-state index contributed by atoms with van der Waals surface area (Å²) in [5.41, 5.74) is 13.8. The van der Waals surface area contributed by atoms with Gasteiger partial charge in [-0.3, -0.25) is 9.59 Å². The van der Waals surface area contributed by atoms with Crippen LogP contribution in [0.4, 0.5) is 0 Å². The van der Waals surface area contributed by atoms with Crippen LogP contribution in [0.5, 0.6) is 0 Å². The third-order valence-electron chi connectivity index (χ3n) is 7.93. The molecule has 2 amide bonds. The lowest BCUT2D eigenvalue weighted by Gasteiger charge is -2.24. The lowest BCUT2D eigenvalue weighted by molar-refractivity contribution is 0.0695. The molecule has 5 aromatic rings. The van der Waals surface area contributed by atoms with E-state index in [-0.39, 0.29) is 27.6 Å². The van der Waals surface area contributed by atoms with Crippen molar-refractivity contribution in [3.05, 3.63) is 69.8 Å². The Morgan fingerprint density at radius 2 is 1.07 bits per heavy atom. The molecule has 0 aliphatic heterocycles. The fraction of sp³-hybridized carbons (Fsp3) is 0.250. The molecule has 5 rings (SSSR count). The molecule has 0 unspecified atom stereocenters. The highest BCUT2D eigenvalue weighted by molar-refractivity contribution is 6.39. The van der Waals surface area contributed by atoms with E-state index in [0.29, 0.717) is 45.2 Å². The van der Waals surface area contributed by atoms with Gasteiger partial charge in [-0.05, 0) is 87.3 Å². The van der Waals surface area contributed by atoms with Crippen LogP contribution in [0.15, 0.2) is 36.4 Å². The first-order valence-electron chi connectivity index (χ1n) is 13.4. The van der Waals surface area contributed by atoms with Gasteiger partial charge in [-0.1, -0.05) is 44.9 Å². The maximum Gasteiger partial charge on any atom is 0.336 e. The zero-order valence-corrected chi connectivity index (χ0v) is 22.4. The Morgan fingerprint density at radius 1 is 0.575 bits per heavy atom. The number of benzene rings is 5. The number of carbonyl (C=O) groups excluding carboxylic acids is 2. The van der Waals surface area contributed by atoms with Crippen molar-refractivity contribution in [1.82, 2.24) is 0 Å². The van der Waals surface area contributed by atoms with Crippen molar-refractivity contribution < 1.29 is 29.4 Å². The molecule has 0 fully saturated rings. The Hall–Kier alpha value is -4.72. The normalized spacial score (nSPS) is 11.7. The number of aromatic carboxylic acids is 2. The first kappa shape index (κ1) is 26.9. The molecular weight excluding hydrogens is 508 g/mol. The van der Waals surface area contributed by atoms with Gasteiger partial charge in [-0.25, -0.2) is 9.59 Å². The molecule has 8 heteroatoms. The lowest BCUT2D eigenvalue weighted by atomic mass is 9.78. The summed E-state index contributed by atoms with van der Waals surface area (Å²) >= 11 is 0. The van der Waals surface area contributed by atoms with Gasteiger partial charge in [0, 0.05) is 16.3 Å². The van der Waals surface area contributed by atoms with E-state index in [1.807, 2.05) is 6.92 Å². The van der Waals surface area contributed by atoms with Crippen LogP contribution < -0.4 is 11.5 Å². The third-order valence-corrected chi connectivity index (χ3v) is 7.93. The minimum Gasteiger partial charge on any atom is -0.478 e. The maximum absolute atomic E-state index is 13.1. The van der Waals surface area contributed by atoms with Gasteiger partial charge in [-0.15, -0.1) is 0 Å². The highest BCUT2D eigenvalue weighted by Gasteiger charge is 2.29. The SMILES string of the molecule is CCCCc1c(C(N)=O)c2c(C(N)=O)ccc3c4ccc(C(=O)O)c5c(C(=O)O)ccc(c(c1CCCC)c23)c54. The number of carbonyl (C=O) groups is 4. The van der Waals surface area contributed by atoms with Crippen LogP contribution >= 0.6 is 0 Å². The van der Waals surface area contributed by atoms with E-state index in [9.17, 15) is 29.4 Å². The van der Waals surface area contributed by atoms with Crippen molar-refractivity contribution >= 4 is 66.8 Å². The second-order valence-electron chi connectivity index (χ2n) is 10.2. The van der Waals surface area contributed by atoms with E-state index >= 15 is 0 Å². The molecule has 204 valence electrons. The molecule has 0 atom stereocenters. The van der Waals surface area contributed by atoms with Crippen molar-refractivity contribution in [3.8, 4) is 0 Å². The number of primary amides is 2. The summed E-state index contributed by atoms with van der Waals surface area (Å²) in [6, 6.07) is 9.49. The molecule has 0 aliphatic carbocycles. The van der Waals surface area contributed by atoms with Crippen LogP contribution in [0.2, 0.25) is 0 Å². The minimum atomic E-state index is -1.23. The standard InChI is InChI=1S/C32H30N2O6/c1-3-5-7-15-16(8-6-4-2)28(30(34)36)27-20(29(33)35)12-9-18-17-10-13-21(31(37)38)25-22(32(39)40)14-11-19(23(17)25)24(15)26(18)27/h9-14H,3-8H2,1-2H3,(H2,33,35)(H2,34,36)(H,37,38)(H,39,40). The van der Waals surface area contributed by atoms with Crippen LogP contribution in [0.3, 0.4) is 0 Å². The summed E-state index contributed by atoms with van der Waals surface area (Å²) in [7, 11) is 0. The quantitative estimate of drug-likeness (QED) is 0.126. The molecule has 5 aromatic carbocycles. The highest BCUT2D eigenvalue weighted by Crippen LogP contribution is 2.47. The average Bonchev–Trinajstić information content (AvgIpc) is 2.91. The number of carboxylic acids is 2. The number of fused-ring (bicyclic) bond motifs is 2. The Balaban J connectivity index is 2.20. The van der Waals surface area contributed by atoms with Gasteiger partial charge >= 0.3 is 11.9 Å². The Bertz CT molecular complexity index is 1870. The number of aryl methyl sites for hydroxylation is 1. The van der Waals surface area contributed by atoms with E-state index < -0.39 is 23.8 Å². The van der Waals surface area contributed by atoms with Gasteiger partial charge in [0.1, 0.15) is 0 Å². The predicted octanol–water partition coefficient (Wildman–Crippen LogP) is 6.02. The fourth-order valence-electron chi connectivity index (χ4n) is 6.27.